The lowest BCUT2D eigenvalue weighted by molar-refractivity contribution is 0.101. The van der Waals surface area contributed by atoms with Gasteiger partial charge in [0.05, 0.1) is 17.4 Å². The van der Waals surface area contributed by atoms with Gasteiger partial charge in [-0.05, 0) is 43.7 Å². The second-order valence-electron chi connectivity index (χ2n) is 5.68. The number of hydrogen-bond donors (Lipinski definition) is 1. The number of aliphatic hydroxyl groups excluding tert-OH is 1. The van der Waals surface area contributed by atoms with Crippen molar-refractivity contribution in [3.63, 3.8) is 0 Å². The fourth-order valence-electron chi connectivity index (χ4n) is 2.70. The summed E-state index contributed by atoms with van der Waals surface area (Å²) in [6, 6.07) is 10.3. The number of aliphatic hydroxyl groups is 1. The van der Waals surface area contributed by atoms with Crippen molar-refractivity contribution in [3.05, 3.63) is 64.9 Å². The summed E-state index contributed by atoms with van der Waals surface area (Å²) >= 11 is 6.32. The van der Waals surface area contributed by atoms with Gasteiger partial charge in [-0.15, -0.1) is 0 Å². The number of ether oxygens (including phenoxy) is 2. The summed E-state index contributed by atoms with van der Waals surface area (Å²) < 4.78 is 11.4. The van der Waals surface area contributed by atoms with Gasteiger partial charge >= 0.3 is 0 Å². The monoisotopic (exact) mass is 344 g/mol. The van der Waals surface area contributed by atoms with Crippen LogP contribution in [0.2, 0.25) is 5.02 Å². The average Bonchev–Trinajstić information content (AvgIpc) is 2.55. The van der Waals surface area contributed by atoms with E-state index >= 15 is 0 Å². The summed E-state index contributed by atoms with van der Waals surface area (Å²) in [6.07, 6.45) is 0.658. The van der Waals surface area contributed by atoms with Crippen LogP contribution in [0.25, 0.3) is 0 Å². The van der Waals surface area contributed by atoms with Gasteiger partial charge in [0.1, 0.15) is 17.2 Å². The van der Waals surface area contributed by atoms with Gasteiger partial charge in [0, 0.05) is 23.1 Å². The number of Topliss-reactive ketones (excluding diaryl/α,β-unsaturated/α-hetero) is 1. The third-order valence-electron chi connectivity index (χ3n) is 3.99. The minimum absolute atomic E-state index is 0.00274. The molecule has 0 spiro atoms. The zero-order valence-electron chi connectivity index (χ0n) is 13.2. The fourth-order valence-corrected chi connectivity index (χ4v) is 2.91. The molecule has 24 heavy (non-hydrogen) atoms. The number of ketones is 1. The summed E-state index contributed by atoms with van der Waals surface area (Å²) in [4.78, 5) is 11.3. The second kappa shape index (κ2) is 6.57. The summed E-state index contributed by atoms with van der Waals surface area (Å²) in [5.41, 5.74) is 1.42. The van der Waals surface area contributed by atoms with E-state index in [4.69, 9.17) is 21.1 Å². The molecule has 0 saturated heterocycles. The number of benzene rings is 2. The second-order valence-corrected chi connectivity index (χ2v) is 6.09. The van der Waals surface area contributed by atoms with Crippen LogP contribution in [0, 0.1) is 0 Å². The maximum Gasteiger partial charge on any atom is 0.159 e. The molecule has 0 saturated carbocycles. The average molecular weight is 345 g/mol. The highest BCUT2D eigenvalue weighted by Gasteiger charge is 2.25. The van der Waals surface area contributed by atoms with Crippen molar-refractivity contribution in [1.82, 2.24) is 0 Å². The van der Waals surface area contributed by atoms with E-state index in [1.54, 1.807) is 36.4 Å². The van der Waals surface area contributed by atoms with E-state index in [1.165, 1.54) is 6.92 Å². The Bertz CT molecular complexity index is 796. The molecule has 1 N–H and O–H groups in total. The number of hydrogen-bond acceptors (Lipinski definition) is 4. The molecular formula is C19H17ClO4. The van der Waals surface area contributed by atoms with Crippen molar-refractivity contribution in [2.24, 2.45) is 0 Å². The van der Waals surface area contributed by atoms with Gasteiger partial charge in [-0.25, -0.2) is 0 Å². The Hall–Kier alpha value is -2.46. The lowest BCUT2D eigenvalue weighted by Crippen LogP contribution is -2.15. The van der Waals surface area contributed by atoms with Gasteiger partial charge in [-0.3, -0.25) is 4.79 Å². The molecule has 0 aromatic heterocycles. The van der Waals surface area contributed by atoms with E-state index in [1.807, 2.05) is 0 Å². The van der Waals surface area contributed by atoms with Crippen molar-refractivity contribution >= 4 is 17.4 Å². The first-order valence-electron chi connectivity index (χ1n) is 7.58. The zero-order valence-corrected chi connectivity index (χ0v) is 14.0. The molecule has 4 nitrogen and oxygen atoms in total. The van der Waals surface area contributed by atoms with Crippen molar-refractivity contribution in [3.8, 4) is 17.2 Å². The van der Waals surface area contributed by atoms with Crippen molar-refractivity contribution in [2.45, 2.75) is 19.3 Å². The topological polar surface area (TPSA) is 55.8 Å². The van der Waals surface area contributed by atoms with E-state index in [0.717, 1.165) is 5.56 Å². The molecule has 0 aliphatic carbocycles. The predicted octanol–water partition coefficient (Wildman–Crippen LogP) is 5.27. The minimum atomic E-state index is -0.185. The molecule has 0 bridgehead atoms. The first-order valence-corrected chi connectivity index (χ1v) is 7.96. The van der Waals surface area contributed by atoms with Gasteiger partial charge in [0.2, 0.25) is 0 Å². The highest BCUT2D eigenvalue weighted by atomic mass is 35.5. The maximum atomic E-state index is 11.3. The van der Waals surface area contributed by atoms with Crippen LogP contribution in [0.1, 0.15) is 35.2 Å². The van der Waals surface area contributed by atoms with Crippen LogP contribution in [0.5, 0.6) is 17.2 Å². The van der Waals surface area contributed by atoms with Crippen LogP contribution in [0.15, 0.2) is 48.7 Å². The zero-order chi connectivity index (χ0) is 17.3. The third kappa shape index (κ3) is 3.24. The molecule has 0 fully saturated rings. The number of halogens is 1. The highest BCUT2D eigenvalue weighted by molar-refractivity contribution is 6.32. The lowest BCUT2D eigenvalue weighted by atomic mass is 9.92. The molecule has 1 heterocycles. The molecule has 1 atom stereocenters. The molecular weight excluding hydrogens is 328 g/mol. The largest absolute Gasteiger partial charge is 0.512 e. The Morgan fingerprint density at radius 2 is 2.04 bits per heavy atom. The van der Waals surface area contributed by atoms with E-state index in [9.17, 15) is 9.90 Å². The SMILES string of the molecule is C=C(O)C1CCOc2cc(Oc3ccc(C(C)=O)cc3)c(Cl)cc21. The van der Waals surface area contributed by atoms with E-state index in [2.05, 4.69) is 6.58 Å². The molecule has 1 unspecified atom stereocenters. The first-order chi connectivity index (χ1) is 11.5. The number of rotatable bonds is 4. The Labute approximate surface area is 145 Å². The smallest absolute Gasteiger partial charge is 0.159 e. The summed E-state index contributed by atoms with van der Waals surface area (Å²) in [6.45, 7) is 5.62. The van der Waals surface area contributed by atoms with E-state index in [0.29, 0.717) is 40.9 Å². The summed E-state index contributed by atoms with van der Waals surface area (Å²) in [5, 5.41) is 10.2. The van der Waals surface area contributed by atoms with Crippen LogP contribution >= 0.6 is 11.6 Å². The molecule has 2 aromatic rings. The standard InChI is InChI=1S/C19H17ClO4/c1-11(21)13-3-5-14(6-4-13)24-19-10-18-16(9-17(19)20)15(12(2)22)7-8-23-18/h3-6,9-10,15,22H,2,7-8H2,1H3. The molecule has 0 amide bonds. The number of allylic oxidation sites excluding steroid dienone is 1. The molecule has 2 aromatic carbocycles. The van der Waals surface area contributed by atoms with Crippen molar-refractivity contribution in [2.75, 3.05) is 6.61 Å². The molecule has 0 radical (unpaired) electrons. The van der Waals surface area contributed by atoms with E-state index in [-0.39, 0.29) is 17.5 Å². The quantitative estimate of drug-likeness (QED) is 0.606. The molecule has 1 aliphatic rings. The van der Waals surface area contributed by atoms with Gasteiger partial charge in [0.15, 0.2) is 5.78 Å². The number of carbonyl (C=O) groups excluding carboxylic acids is 1. The van der Waals surface area contributed by atoms with Crippen molar-refractivity contribution in [1.29, 1.82) is 0 Å². The molecule has 5 heteroatoms. The molecule has 124 valence electrons. The normalized spacial score (nSPS) is 16.0. The first kappa shape index (κ1) is 16.4. The predicted molar refractivity (Wildman–Crippen MR) is 92.6 cm³/mol. The Balaban J connectivity index is 1.89. The van der Waals surface area contributed by atoms with Crippen LogP contribution in [0.3, 0.4) is 0 Å². The van der Waals surface area contributed by atoms with E-state index < -0.39 is 0 Å². The number of carbonyl (C=O) groups is 1. The third-order valence-corrected chi connectivity index (χ3v) is 4.29. The Morgan fingerprint density at radius 3 is 2.67 bits per heavy atom. The van der Waals surface area contributed by atoms with Crippen LogP contribution in [0.4, 0.5) is 0 Å². The molecule has 3 rings (SSSR count). The van der Waals surface area contributed by atoms with Crippen molar-refractivity contribution < 1.29 is 19.4 Å². The van der Waals surface area contributed by atoms with Gasteiger partial charge < -0.3 is 14.6 Å². The number of fused-ring (bicyclic) bond motifs is 1. The fraction of sp³-hybridized carbons (Fsp3) is 0.211. The van der Waals surface area contributed by atoms with Crippen LogP contribution in [-0.4, -0.2) is 17.5 Å². The summed E-state index contributed by atoms with van der Waals surface area (Å²) in [7, 11) is 0. The maximum absolute atomic E-state index is 11.3. The van der Waals surface area contributed by atoms with Crippen LogP contribution in [-0.2, 0) is 0 Å². The molecule has 1 aliphatic heterocycles. The lowest BCUT2D eigenvalue weighted by Gasteiger charge is -2.26. The van der Waals surface area contributed by atoms with Gasteiger partial charge in [-0.2, -0.15) is 0 Å². The summed E-state index contributed by atoms with van der Waals surface area (Å²) in [5.74, 6) is 1.56. The van der Waals surface area contributed by atoms with Gasteiger partial charge in [0.25, 0.3) is 0 Å². The minimum Gasteiger partial charge on any atom is -0.512 e. The Morgan fingerprint density at radius 1 is 1.33 bits per heavy atom. The Kier molecular flexibility index (Phi) is 4.49. The van der Waals surface area contributed by atoms with Gasteiger partial charge in [-0.1, -0.05) is 18.2 Å². The highest BCUT2D eigenvalue weighted by Crippen LogP contribution is 2.43. The van der Waals surface area contributed by atoms with Crippen LogP contribution < -0.4 is 9.47 Å².